The van der Waals surface area contributed by atoms with Crippen LogP contribution in [0.4, 0.5) is 10.3 Å². The third-order valence-corrected chi connectivity index (χ3v) is 9.89. The number of amides is 2. The van der Waals surface area contributed by atoms with Gasteiger partial charge in [-0.1, -0.05) is 106 Å². The molecule has 0 aliphatic heterocycles. The molecule has 1 aromatic carbocycles. The number of anilines is 1. The highest BCUT2D eigenvalue weighted by atomic mass is 32.2. The van der Waals surface area contributed by atoms with E-state index in [1.165, 1.54) is 37.4 Å². The van der Waals surface area contributed by atoms with E-state index in [4.69, 9.17) is 0 Å². The van der Waals surface area contributed by atoms with Crippen LogP contribution >= 0.6 is 0 Å². The van der Waals surface area contributed by atoms with Crippen molar-refractivity contribution in [3.8, 4) is 11.3 Å². The molecule has 2 atom stereocenters. The van der Waals surface area contributed by atoms with Crippen LogP contribution in [0.25, 0.3) is 17.3 Å². The summed E-state index contributed by atoms with van der Waals surface area (Å²) in [4.78, 5) is 33.6. The summed E-state index contributed by atoms with van der Waals surface area (Å²) < 4.78 is 39.3. The summed E-state index contributed by atoms with van der Waals surface area (Å²) in [6.45, 7) is 6.31. The first-order chi connectivity index (χ1) is 28.2. The number of halogens is 1. The normalized spacial score (nSPS) is 13.7. The lowest BCUT2D eigenvalue weighted by Gasteiger charge is -2.20. The zero-order chi connectivity index (χ0) is 43.5. The summed E-state index contributed by atoms with van der Waals surface area (Å²) in [5.41, 5.74) is 1.82. The van der Waals surface area contributed by atoms with Crippen molar-refractivity contribution in [3.63, 3.8) is 0 Å². The van der Waals surface area contributed by atoms with Crippen LogP contribution in [0.5, 0.6) is 0 Å². The topological polar surface area (TPSA) is 162 Å². The Kier molecular flexibility index (Phi) is 24.2. The number of hydrogen-bond donors (Lipinski definition) is 4. The smallest absolute Gasteiger partial charge is 0.239 e. The maximum absolute atomic E-state index is 13.8. The Morgan fingerprint density at radius 3 is 1.81 bits per heavy atom. The molecule has 0 saturated heterocycles. The molecule has 0 unspecified atom stereocenters. The van der Waals surface area contributed by atoms with Crippen molar-refractivity contribution >= 4 is 33.9 Å². The molecule has 0 fully saturated rings. The van der Waals surface area contributed by atoms with Gasteiger partial charge in [0.15, 0.2) is 0 Å². The van der Waals surface area contributed by atoms with Gasteiger partial charge >= 0.3 is 0 Å². The summed E-state index contributed by atoms with van der Waals surface area (Å²) in [6, 6.07) is 5.56. The van der Waals surface area contributed by atoms with Gasteiger partial charge in [0.25, 0.3) is 0 Å². The van der Waals surface area contributed by atoms with Crippen LogP contribution in [0.3, 0.4) is 0 Å². The minimum Gasteiger partial charge on any atom is -0.392 e. The van der Waals surface area contributed by atoms with Crippen LogP contribution in [0.1, 0.15) is 102 Å². The molecule has 2 amide bonds. The van der Waals surface area contributed by atoms with E-state index < -0.39 is 34.0 Å². The third-order valence-electron chi connectivity index (χ3n) is 8.73. The maximum Gasteiger partial charge on any atom is 0.239 e. The molecule has 0 aliphatic carbocycles. The summed E-state index contributed by atoms with van der Waals surface area (Å²) in [7, 11) is -2.35. The number of rotatable bonds is 27. The molecule has 0 aliphatic rings. The van der Waals surface area contributed by atoms with Crippen molar-refractivity contribution in [2.45, 2.75) is 103 Å². The highest BCUT2D eigenvalue weighted by molar-refractivity contribution is 7.92. The Hall–Kier alpha value is -4.98. The zero-order valence-electron chi connectivity index (χ0n) is 35.3. The number of aliphatic hydroxyl groups excluding tert-OH is 2. The number of benzene rings is 1. The molecule has 2 aromatic rings. The lowest BCUT2D eigenvalue weighted by atomic mass is 9.97. The van der Waals surface area contributed by atoms with Crippen molar-refractivity contribution in [2.75, 3.05) is 30.7 Å². The molecule has 1 aromatic heterocycles. The van der Waals surface area contributed by atoms with Crippen molar-refractivity contribution in [2.24, 2.45) is 0 Å². The Morgan fingerprint density at radius 2 is 1.31 bits per heavy atom. The third kappa shape index (κ3) is 21.6. The first-order valence-electron chi connectivity index (χ1n) is 20.3. The van der Waals surface area contributed by atoms with Crippen LogP contribution in [-0.2, 0) is 19.6 Å². The van der Waals surface area contributed by atoms with Crippen molar-refractivity contribution in [1.29, 1.82) is 0 Å². The fourth-order valence-electron chi connectivity index (χ4n) is 5.48. The van der Waals surface area contributed by atoms with Gasteiger partial charge in [0.05, 0.1) is 36.3 Å². The lowest BCUT2D eigenvalue weighted by Crippen LogP contribution is -2.36. The molecular formula is C46H64FN5O6S. The maximum atomic E-state index is 13.8. The molecule has 11 nitrogen and oxygen atoms in total. The van der Waals surface area contributed by atoms with Gasteiger partial charge < -0.3 is 20.8 Å². The number of nitrogens with zero attached hydrogens (tertiary/aromatic N) is 3. The monoisotopic (exact) mass is 833 g/mol. The number of sulfonamides is 1. The van der Waals surface area contributed by atoms with Crippen LogP contribution in [0.2, 0.25) is 0 Å². The number of aromatic nitrogens is 2. The van der Waals surface area contributed by atoms with E-state index >= 15 is 0 Å². The average molecular weight is 834 g/mol. The summed E-state index contributed by atoms with van der Waals surface area (Å²) in [6.07, 6.45) is 33.5. The van der Waals surface area contributed by atoms with Gasteiger partial charge in [0.2, 0.25) is 27.8 Å². The molecule has 0 spiro atoms. The van der Waals surface area contributed by atoms with Gasteiger partial charge in [0, 0.05) is 44.1 Å². The highest BCUT2D eigenvalue weighted by Gasteiger charge is 2.23. The van der Waals surface area contributed by atoms with Crippen molar-refractivity contribution < 1.29 is 32.6 Å². The number of carbonyl (C=O) groups excluding carboxylic acids is 2. The summed E-state index contributed by atoms with van der Waals surface area (Å²) >= 11 is 0. The Morgan fingerprint density at radius 1 is 0.797 bits per heavy atom. The molecule has 0 bridgehead atoms. The second-order valence-electron chi connectivity index (χ2n) is 14.2. The number of nitrogens with one attached hydrogen (secondary N) is 2. The van der Waals surface area contributed by atoms with Crippen LogP contribution in [0, 0.1) is 5.82 Å². The fraction of sp³-hybridized carbons (Fsp3) is 0.435. The quantitative estimate of drug-likeness (QED) is 0.0520. The molecule has 13 heteroatoms. The van der Waals surface area contributed by atoms with E-state index in [1.807, 2.05) is 26.0 Å². The highest BCUT2D eigenvalue weighted by Crippen LogP contribution is 2.32. The summed E-state index contributed by atoms with van der Waals surface area (Å²) in [5.74, 6) is -1.26. The molecule has 322 valence electrons. The van der Waals surface area contributed by atoms with E-state index in [2.05, 4.69) is 88.3 Å². The van der Waals surface area contributed by atoms with E-state index in [1.54, 1.807) is 6.08 Å². The number of aliphatic hydroxyl groups is 2. The van der Waals surface area contributed by atoms with Crippen molar-refractivity contribution in [3.05, 3.63) is 120 Å². The number of allylic oxidation sites excluding steroid dienone is 12. The van der Waals surface area contributed by atoms with Crippen LogP contribution in [0.15, 0.2) is 103 Å². The van der Waals surface area contributed by atoms with E-state index in [0.717, 1.165) is 49.1 Å². The zero-order valence-corrected chi connectivity index (χ0v) is 36.1. The largest absolute Gasteiger partial charge is 0.392 e. The van der Waals surface area contributed by atoms with Gasteiger partial charge in [-0.2, -0.15) is 0 Å². The van der Waals surface area contributed by atoms with Gasteiger partial charge in [-0.15, -0.1) is 0 Å². The number of hydrogen-bond acceptors (Lipinski definition) is 8. The minimum atomic E-state index is -3.69. The average Bonchev–Trinajstić information content (AvgIpc) is 3.18. The standard InChI is InChI=1S/C46H64FN5O6S/c1-6-7-8-9-10-11-12-13-14-15-16-17-18-19-20-21-22-23-24-25-42(55)48-32-33-49-43(56)35-40(54)34-39(53)30-31-41-44(36(2)3)50-46(52(4)59(5,57)58)51-45(41)37-26-28-38(47)29-27-37/h7-8,10-11,13-14,16-17,19-20,22-23,26-31,36,39-40,53-54H,6,9,12,15,18,21,24-25,32-35H2,1-5H3,(H,48,55)(H,49,56)/b8-7-,11-10-,14-13-,17-16-,20-19-,23-22-,31-30+/t39-,40-/m1/s1. The number of carbonyl (C=O) groups is 2. The Labute approximate surface area is 351 Å². The molecule has 4 N–H and O–H groups in total. The molecule has 0 saturated carbocycles. The van der Waals surface area contributed by atoms with Gasteiger partial charge in [-0.25, -0.2) is 27.1 Å². The van der Waals surface area contributed by atoms with E-state index in [9.17, 15) is 32.6 Å². The Balaban J connectivity index is 1.72. The SMILES string of the molecule is CC/C=C\C/C=C\C/C=C\C/C=C\C/C=C\C/C=C\CCC(=O)NCCNC(=O)C[C@H](O)C[C@H](O)/C=C/c1c(-c2ccc(F)cc2)nc(N(C)S(C)(=O)=O)nc1C(C)C. The predicted octanol–water partition coefficient (Wildman–Crippen LogP) is 8.03. The minimum absolute atomic E-state index is 0.0601. The van der Waals surface area contributed by atoms with Gasteiger partial charge in [0.1, 0.15) is 5.82 Å². The predicted molar refractivity (Wildman–Crippen MR) is 239 cm³/mol. The van der Waals surface area contributed by atoms with Crippen LogP contribution in [-0.4, -0.2) is 79.0 Å². The second-order valence-corrected chi connectivity index (χ2v) is 16.3. The fourth-order valence-corrected chi connectivity index (χ4v) is 5.85. The first kappa shape index (κ1) is 50.2. The lowest BCUT2D eigenvalue weighted by molar-refractivity contribution is -0.124. The molecule has 0 radical (unpaired) electrons. The first-order valence-corrected chi connectivity index (χ1v) is 22.2. The molecule has 1 heterocycles. The molecule has 59 heavy (non-hydrogen) atoms. The van der Waals surface area contributed by atoms with Gasteiger partial charge in [-0.3, -0.25) is 9.59 Å². The van der Waals surface area contributed by atoms with Gasteiger partial charge in [-0.05, 0) is 75.1 Å². The Bertz CT molecular complexity index is 1900. The van der Waals surface area contributed by atoms with Crippen molar-refractivity contribution in [1.82, 2.24) is 20.6 Å². The van der Waals surface area contributed by atoms with E-state index in [-0.39, 0.29) is 43.7 Å². The summed E-state index contributed by atoms with van der Waals surface area (Å²) in [5, 5.41) is 26.7. The molecular weight excluding hydrogens is 770 g/mol. The van der Waals surface area contributed by atoms with Crippen LogP contribution < -0.4 is 14.9 Å². The second kappa shape index (κ2) is 28.4. The molecule has 2 rings (SSSR count). The van der Waals surface area contributed by atoms with E-state index in [0.29, 0.717) is 35.4 Å².